The minimum absolute atomic E-state index is 0.214. The molecular formula is C16H16N2O4. The zero-order valence-corrected chi connectivity index (χ0v) is 12.0. The van der Waals surface area contributed by atoms with Crippen LogP contribution in [0.3, 0.4) is 0 Å². The number of carbonyl (C=O) groups excluding carboxylic acids is 1. The number of fused-ring (bicyclic) bond motifs is 1. The van der Waals surface area contributed by atoms with Crippen molar-refractivity contribution in [2.24, 2.45) is 0 Å². The molecule has 1 fully saturated rings. The van der Waals surface area contributed by atoms with Crippen LogP contribution in [-0.2, 0) is 0 Å². The Hall–Kier alpha value is -2.50. The van der Waals surface area contributed by atoms with Crippen LogP contribution in [0.1, 0.15) is 35.0 Å². The maximum absolute atomic E-state index is 12.1. The number of carbonyl (C=O) groups is 1. The maximum atomic E-state index is 12.1. The highest BCUT2D eigenvalue weighted by Crippen LogP contribution is 2.40. The summed E-state index contributed by atoms with van der Waals surface area (Å²) in [6.07, 6.45) is 2.01. The lowest BCUT2D eigenvalue weighted by Crippen LogP contribution is -2.40. The standard InChI is InChI=1S/C16H16N2O4/c19-16(12-7-15(22-18-12)10-5-6-10)17-8-11-9-20-13-3-1-2-4-14(13)21-11/h1-4,7,10-11H,5-6,8-9H2,(H,17,19). The molecule has 1 aliphatic carbocycles. The van der Waals surface area contributed by atoms with Gasteiger partial charge in [-0.2, -0.15) is 0 Å². The predicted octanol–water partition coefficient (Wildman–Crippen LogP) is 2.12. The Morgan fingerprint density at radius 3 is 2.91 bits per heavy atom. The van der Waals surface area contributed by atoms with Gasteiger partial charge in [0, 0.05) is 12.0 Å². The first-order valence-corrected chi connectivity index (χ1v) is 7.43. The Morgan fingerprint density at radius 1 is 1.27 bits per heavy atom. The number of nitrogens with one attached hydrogen (secondary N) is 1. The van der Waals surface area contributed by atoms with E-state index in [1.807, 2.05) is 24.3 Å². The molecule has 1 aromatic heterocycles. The molecule has 6 heteroatoms. The summed E-state index contributed by atoms with van der Waals surface area (Å²) in [4.78, 5) is 12.1. The number of ether oxygens (including phenoxy) is 2. The monoisotopic (exact) mass is 300 g/mol. The highest BCUT2D eigenvalue weighted by molar-refractivity contribution is 5.92. The number of benzene rings is 1. The van der Waals surface area contributed by atoms with Crippen molar-refractivity contribution in [1.29, 1.82) is 0 Å². The topological polar surface area (TPSA) is 73.6 Å². The molecule has 1 saturated carbocycles. The first kappa shape index (κ1) is 13.2. The van der Waals surface area contributed by atoms with Gasteiger partial charge in [-0.15, -0.1) is 0 Å². The Morgan fingerprint density at radius 2 is 2.09 bits per heavy atom. The average Bonchev–Trinajstić information content (AvgIpc) is 3.29. The van der Waals surface area contributed by atoms with Crippen molar-refractivity contribution in [2.45, 2.75) is 24.9 Å². The first-order valence-electron chi connectivity index (χ1n) is 7.43. The Labute approximate surface area is 127 Å². The summed E-state index contributed by atoms with van der Waals surface area (Å²) in [6, 6.07) is 9.21. The maximum Gasteiger partial charge on any atom is 0.273 e. The quantitative estimate of drug-likeness (QED) is 0.936. The van der Waals surface area contributed by atoms with Crippen LogP contribution < -0.4 is 14.8 Å². The molecule has 6 nitrogen and oxygen atoms in total. The molecule has 4 rings (SSSR count). The number of para-hydroxylation sites is 2. The zero-order valence-electron chi connectivity index (χ0n) is 12.0. The van der Waals surface area contributed by atoms with Crippen molar-refractivity contribution in [2.75, 3.05) is 13.2 Å². The van der Waals surface area contributed by atoms with Gasteiger partial charge in [-0.25, -0.2) is 0 Å². The molecule has 0 bridgehead atoms. The van der Waals surface area contributed by atoms with Crippen LogP contribution in [0.2, 0.25) is 0 Å². The molecule has 1 amide bonds. The molecular weight excluding hydrogens is 284 g/mol. The summed E-state index contributed by atoms with van der Waals surface area (Å²) in [5, 5.41) is 6.62. The van der Waals surface area contributed by atoms with E-state index in [4.69, 9.17) is 14.0 Å². The van der Waals surface area contributed by atoms with Crippen molar-refractivity contribution in [3.05, 3.63) is 41.8 Å². The second-order valence-electron chi connectivity index (χ2n) is 5.60. The van der Waals surface area contributed by atoms with Gasteiger partial charge < -0.3 is 19.3 Å². The van der Waals surface area contributed by atoms with Gasteiger partial charge in [-0.1, -0.05) is 17.3 Å². The van der Waals surface area contributed by atoms with Gasteiger partial charge in [0.05, 0.1) is 6.54 Å². The van der Waals surface area contributed by atoms with Crippen molar-refractivity contribution in [3.8, 4) is 11.5 Å². The van der Waals surface area contributed by atoms with Gasteiger partial charge in [0.25, 0.3) is 5.91 Å². The lowest BCUT2D eigenvalue weighted by molar-refractivity contribution is 0.0784. The van der Waals surface area contributed by atoms with E-state index >= 15 is 0 Å². The van der Waals surface area contributed by atoms with Gasteiger partial charge in [0.2, 0.25) is 0 Å². The lowest BCUT2D eigenvalue weighted by atomic mass is 10.2. The van der Waals surface area contributed by atoms with Crippen LogP contribution in [0.15, 0.2) is 34.9 Å². The predicted molar refractivity (Wildman–Crippen MR) is 77.2 cm³/mol. The van der Waals surface area contributed by atoms with E-state index in [2.05, 4.69) is 10.5 Å². The largest absolute Gasteiger partial charge is 0.486 e. The number of amides is 1. The summed E-state index contributed by atoms with van der Waals surface area (Å²) in [6.45, 7) is 0.766. The zero-order chi connectivity index (χ0) is 14.9. The van der Waals surface area contributed by atoms with Crippen molar-refractivity contribution >= 4 is 5.91 Å². The number of nitrogens with zero attached hydrogens (tertiary/aromatic N) is 1. The molecule has 1 aromatic carbocycles. The smallest absolute Gasteiger partial charge is 0.273 e. The van der Waals surface area contributed by atoms with Gasteiger partial charge in [-0.05, 0) is 25.0 Å². The Kier molecular flexibility index (Phi) is 3.21. The molecule has 0 radical (unpaired) electrons. The third-order valence-electron chi connectivity index (χ3n) is 3.80. The van der Waals surface area contributed by atoms with E-state index in [-0.39, 0.29) is 12.0 Å². The van der Waals surface area contributed by atoms with E-state index in [9.17, 15) is 4.79 Å². The van der Waals surface area contributed by atoms with Crippen LogP contribution >= 0.6 is 0 Å². The highest BCUT2D eigenvalue weighted by Gasteiger charge is 2.29. The molecule has 1 atom stereocenters. The number of rotatable bonds is 4. The van der Waals surface area contributed by atoms with E-state index in [0.717, 1.165) is 24.4 Å². The summed E-state index contributed by atoms with van der Waals surface area (Å²) in [5.41, 5.74) is 0.319. The van der Waals surface area contributed by atoms with Gasteiger partial charge in [0.15, 0.2) is 17.2 Å². The van der Waals surface area contributed by atoms with Gasteiger partial charge >= 0.3 is 0 Å². The van der Waals surface area contributed by atoms with Crippen molar-refractivity contribution in [3.63, 3.8) is 0 Å². The third kappa shape index (κ3) is 2.64. The second-order valence-corrected chi connectivity index (χ2v) is 5.60. The lowest BCUT2D eigenvalue weighted by Gasteiger charge is -2.26. The fourth-order valence-electron chi connectivity index (χ4n) is 2.42. The van der Waals surface area contributed by atoms with Crippen LogP contribution in [0, 0.1) is 0 Å². The average molecular weight is 300 g/mol. The number of hydrogen-bond donors (Lipinski definition) is 1. The molecule has 2 aliphatic rings. The summed E-state index contributed by atoms with van der Waals surface area (Å²) in [5.74, 6) is 2.43. The number of hydrogen-bond acceptors (Lipinski definition) is 5. The first-order chi connectivity index (χ1) is 10.8. The fraction of sp³-hybridized carbons (Fsp3) is 0.375. The molecule has 1 N–H and O–H groups in total. The van der Waals surface area contributed by atoms with Crippen LogP contribution in [0.4, 0.5) is 0 Å². The second kappa shape index (κ2) is 5.36. The van der Waals surface area contributed by atoms with E-state index in [1.165, 1.54) is 0 Å². The third-order valence-corrected chi connectivity index (χ3v) is 3.80. The molecule has 0 saturated heterocycles. The van der Waals surface area contributed by atoms with Gasteiger partial charge in [-0.3, -0.25) is 4.79 Å². The number of aromatic nitrogens is 1. The van der Waals surface area contributed by atoms with E-state index < -0.39 is 0 Å². The molecule has 1 aliphatic heterocycles. The Balaban J connectivity index is 1.33. The minimum Gasteiger partial charge on any atom is -0.486 e. The van der Waals surface area contributed by atoms with Crippen molar-refractivity contribution < 1.29 is 18.8 Å². The van der Waals surface area contributed by atoms with E-state index in [1.54, 1.807) is 6.07 Å². The Bertz CT molecular complexity index is 693. The van der Waals surface area contributed by atoms with Crippen molar-refractivity contribution in [1.82, 2.24) is 10.5 Å². The van der Waals surface area contributed by atoms with Crippen LogP contribution in [-0.4, -0.2) is 30.3 Å². The van der Waals surface area contributed by atoms with E-state index in [0.29, 0.717) is 30.5 Å². The molecule has 114 valence electrons. The van der Waals surface area contributed by atoms with Crippen LogP contribution in [0.5, 0.6) is 11.5 Å². The highest BCUT2D eigenvalue weighted by atomic mass is 16.6. The van der Waals surface area contributed by atoms with Crippen LogP contribution in [0.25, 0.3) is 0 Å². The molecule has 2 heterocycles. The minimum atomic E-state index is -0.252. The summed E-state index contributed by atoms with van der Waals surface area (Å²) in [7, 11) is 0. The molecule has 1 unspecified atom stereocenters. The summed E-state index contributed by atoms with van der Waals surface area (Å²) < 4.78 is 16.6. The fourth-order valence-corrected chi connectivity index (χ4v) is 2.42. The normalized spacial score (nSPS) is 19.7. The SMILES string of the molecule is O=C(NCC1COc2ccccc2O1)c1cc(C2CC2)on1. The molecule has 2 aromatic rings. The van der Waals surface area contributed by atoms with Gasteiger partial charge in [0.1, 0.15) is 18.5 Å². The molecule has 0 spiro atoms. The molecule has 22 heavy (non-hydrogen) atoms. The summed E-state index contributed by atoms with van der Waals surface area (Å²) >= 11 is 0.